The Kier molecular flexibility index (Phi) is 4.28. The first-order chi connectivity index (χ1) is 8.97. The zero-order chi connectivity index (χ0) is 14.0. The minimum Gasteiger partial charge on any atom is -0.353 e. The first kappa shape index (κ1) is 14.1. The van der Waals surface area contributed by atoms with Crippen molar-refractivity contribution in [2.24, 2.45) is 5.92 Å². The topological polar surface area (TPSA) is 29.1 Å². The van der Waals surface area contributed by atoms with E-state index in [9.17, 15) is 4.79 Å². The van der Waals surface area contributed by atoms with Crippen LogP contribution in [0.15, 0.2) is 24.3 Å². The van der Waals surface area contributed by atoms with Crippen molar-refractivity contribution >= 4 is 5.91 Å². The van der Waals surface area contributed by atoms with Gasteiger partial charge in [0.15, 0.2) is 0 Å². The molecule has 1 aliphatic rings. The summed E-state index contributed by atoms with van der Waals surface area (Å²) in [5.74, 6) is 1.71. The standard InChI is InChI=1S/C17H25NO/c1-11(2)9-16-15(10-17(19)18-16)14-7-5-13(6-8-14)12(3)4/h5-8,11-12,15-16H,9-10H2,1-4H3,(H,18,19). The molecule has 0 spiro atoms. The van der Waals surface area contributed by atoms with E-state index in [0.29, 0.717) is 30.2 Å². The van der Waals surface area contributed by atoms with Gasteiger partial charge in [0.1, 0.15) is 0 Å². The third kappa shape index (κ3) is 3.37. The molecule has 0 saturated carbocycles. The maximum Gasteiger partial charge on any atom is 0.220 e. The summed E-state index contributed by atoms with van der Waals surface area (Å²) in [5.41, 5.74) is 2.66. The van der Waals surface area contributed by atoms with Gasteiger partial charge in [0.05, 0.1) is 0 Å². The van der Waals surface area contributed by atoms with Crippen molar-refractivity contribution < 1.29 is 4.79 Å². The Labute approximate surface area is 116 Å². The number of rotatable bonds is 4. The maximum absolute atomic E-state index is 11.7. The molecule has 19 heavy (non-hydrogen) atoms. The SMILES string of the molecule is CC(C)CC1NC(=O)CC1c1ccc(C(C)C)cc1. The van der Waals surface area contributed by atoms with Crippen molar-refractivity contribution in [1.29, 1.82) is 0 Å². The van der Waals surface area contributed by atoms with Crippen molar-refractivity contribution in [1.82, 2.24) is 5.32 Å². The van der Waals surface area contributed by atoms with Crippen LogP contribution in [0.4, 0.5) is 0 Å². The summed E-state index contributed by atoms with van der Waals surface area (Å²) in [4.78, 5) is 11.7. The van der Waals surface area contributed by atoms with Crippen molar-refractivity contribution in [2.75, 3.05) is 0 Å². The highest BCUT2D eigenvalue weighted by Crippen LogP contribution is 2.32. The fourth-order valence-electron chi connectivity index (χ4n) is 2.92. The molecular weight excluding hydrogens is 234 g/mol. The van der Waals surface area contributed by atoms with Crippen LogP contribution in [0.25, 0.3) is 0 Å². The van der Waals surface area contributed by atoms with Gasteiger partial charge in [-0.15, -0.1) is 0 Å². The van der Waals surface area contributed by atoms with Crippen molar-refractivity contribution in [3.63, 3.8) is 0 Å². The molecule has 1 fully saturated rings. The fourth-order valence-corrected chi connectivity index (χ4v) is 2.92. The Balaban J connectivity index is 2.16. The summed E-state index contributed by atoms with van der Waals surface area (Å²) in [5, 5.41) is 3.13. The predicted molar refractivity (Wildman–Crippen MR) is 79.3 cm³/mol. The highest BCUT2D eigenvalue weighted by atomic mass is 16.2. The van der Waals surface area contributed by atoms with Crippen LogP contribution in [0, 0.1) is 5.92 Å². The molecule has 1 heterocycles. The predicted octanol–water partition coefficient (Wildman–Crippen LogP) is 3.83. The molecule has 1 aromatic rings. The third-order valence-electron chi connectivity index (χ3n) is 3.99. The van der Waals surface area contributed by atoms with Gasteiger partial charge in [-0.1, -0.05) is 52.0 Å². The Morgan fingerprint density at radius 1 is 1.16 bits per heavy atom. The highest BCUT2D eigenvalue weighted by molar-refractivity contribution is 5.80. The number of hydrogen-bond donors (Lipinski definition) is 1. The van der Waals surface area contributed by atoms with Gasteiger partial charge in [0.25, 0.3) is 0 Å². The number of hydrogen-bond acceptors (Lipinski definition) is 1. The molecule has 2 heteroatoms. The quantitative estimate of drug-likeness (QED) is 0.875. The fraction of sp³-hybridized carbons (Fsp3) is 0.588. The van der Waals surface area contributed by atoms with Gasteiger partial charge in [0, 0.05) is 18.4 Å². The van der Waals surface area contributed by atoms with E-state index in [4.69, 9.17) is 0 Å². The molecule has 2 nitrogen and oxygen atoms in total. The number of amides is 1. The van der Waals surface area contributed by atoms with Crippen molar-refractivity contribution in [3.8, 4) is 0 Å². The minimum absolute atomic E-state index is 0.198. The molecule has 1 amide bonds. The first-order valence-electron chi connectivity index (χ1n) is 7.36. The van der Waals surface area contributed by atoms with Gasteiger partial charge < -0.3 is 5.32 Å². The lowest BCUT2D eigenvalue weighted by molar-refractivity contribution is -0.119. The Morgan fingerprint density at radius 2 is 1.79 bits per heavy atom. The van der Waals surface area contributed by atoms with Gasteiger partial charge in [-0.25, -0.2) is 0 Å². The summed E-state index contributed by atoms with van der Waals surface area (Å²) >= 11 is 0. The molecule has 1 aromatic carbocycles. The van der Waals surface area contributed by atoms with Crippen LogP contribution in [-0.2, 0) is 4.79 Å². The number of benzene rings is 1. The zero-order valence-electron chi connectivity index (χ0n) is 12.4. The highest BCUT2D eigenvalue weighted by Gasteiger charge is 2.33. The summed E-state index contributed by atoms with van der Waals surface area (Å²) < 4.78 is 0. The number of carbonyl (C=O) groups is 1. The molecule has 104 valence electrons. The van der Waals surface area contributed by atoms with Crippen LogP contribution in [-0.4, -0.2) is 11.9 Å². The van der Waals surface area contributed by atoms with Gasteiger partial charge in [0.2, 0.25) is 5.91 Å². The summed E-state index contributed by atoms with van der Waals surface area (Å²) in [6.07, 6.45) is 1.70. The van der Waals surface area contributed by atoms with Crippen LogP contribution < -0.4 is 5.32 Å². The van der Waals surface area contributed by atoms with E-state index in [2.05, 4.69) is 57.3 Å². The molecule has 0 aromatic heterocycles. The first-order valence-corrected chi connectivity index (χ1v) is 7.36. The Bertz CT molecular complexity index is 433. The van der Waals surface area contributed by atoms with E-state index in [-0.39, 0.29) is 5.91 Å². The van der Waals surface area contributed by atoms with E-state index in [0.717, 1.165) is 6.42 Å². The molecule has 1 aliphatic heterocycles. The monoisotopic (exact) mass is 259 g/mol. The molecule has 1 N–H and O–H groups in total. The normalized spacial score (nSPS) is 23.2. The Morgan fingerprint density at radius 3 is 2.32 bits per heavy atom. The second kappa shape index (κ2) is 5.77. The molecule has 2 atom stereocenters. The number of nitrogens with one attached hydrogen (secondary N) is 1. The third-order valence-corrected chi connectivity index (χ3v) is 3.99. The molecule has 0 aliphatic carbocycles. The zero-order valence-corrected chi connectivity index (χ0v) is 12.4. The van der Waals surface area contributed by atoms with E-state index >= 15 is 0 Å². The average Bonchev–Trinajstić information content (AvgIpc) is 2.69. The smallest absolute Gasteiger partial charge is 0.220 e. The van der Waals surface area contributed by atoms with Gasteiger partial charge in [-0.05, 0) is 29.4 Å². The van der Waals surface area contributed by atoms with Crippen LogP contribution in [0.3, 0.4) is 0 Å². The lowest BCUT2D eigenvalue weighted by atomic mass is 9.86. The second-order valence-electron chi connectivity index (χ2n) is 6.44. The van der Waals surface area contributed by atoms with E-state index in [1.165, 1.54) is 11.1 Å². The average molecular weight is 259 g/mol. The molecule has 1 saturated heterocycles. The Hall–Kier alpha value is -1.31. The van der Waals surface area contributed by atoms with Gasteiger partial charge in [-0.3, -0.25) is 4.79 Å². The van der Waals surface area contributed by atoms with Crippen LogP contribution in [0.1, 0.15) is 63.5 Å². The number of carbonyl (C=O) groups excluding carboxylic acids is 1. The van der Waals surface area contributed by atoms with Gasteiger partial charge in [-0.2, -0.15) is 0 Å². The summed E-state index contributed by atoms with van der Waals surface area (Å²) in [6, 6.07) is 9.11. The molecule has 2 unspecified atom stereocenters. The van der Waals surface area contributed by atoms with E-state index in [1.807, 2.05) is 0 Å². The van der Waals surface area contributed by atoms with Crippen LogP contribution in [0.5, 0.6) is 0 Å². The minimum atomic E-state index is 0.198. The lowest BCUT2D eigenvalue weighted by Gasteiger charge is -2.21. The van der Waals surface area contributed by atoms with Crippen LogP contribution >= 0.6 is 0 Å². The largest absolute Gasteiger partial charge is 0.353 e. The summed E-state index contributed by atoms with van der Waals surface area (Å²) in [6.45, 7) is 8.83. The van der Waals surface area contributed by atoms with E-state index < -0.39 is 0 Å². The second-order valence-corrected chi connectivity index (χ2v) is 6.44. The maximum atomic E-state index is 11.7. The van der Waals surface area contributed by atoms with E-state index in [1.54, 1.807) is 0 Å². The summed E-state index contributed by atoms with van der Waals surface area (Å²) in [7, 11) is 0. The van der Waals surface area contributed by atoms with Crippen molar-refractivity contribution in [3.05, 3.63) is 35.4 Å². The lowest BCUT2D eigenvalue weighted by Crippen LogP contribution is -2.29. The molecular formula is C17H25NO. The van der Waals surface area contributed by atoms with Crippen molar-refractivity contribution in [2.45, 2.75) is 58.4 Å². The molecule has 0 bridgehead atoms. The van der Waals surface area contributed by atoms with Crippen LogP contribution in [0.2, 0.25) is 0 Å². The molecule has 2 rings (SSSR count). The molecule has 0 radical (unpaired) electrons. The van der Waals surface area contributed by atoms with Gasteiger partial charge >= 0.3 is 0 Å².